The second-order valence-corrected chi connectivity index (χ2v) is 8.28. The van der Waals surface area contributed by atoms with E-state index in [4.69, 9.17) is 9.47 Å². The van der Waals surface area contributed by atoms with E-state index in [2.05, 4.69) is 10.0 Å². The van der Waals surface area contributed by atoms with Crippen molar-refractivity contribution in [3.8, 4) is 5.75 Å². The maximum Gasteiger partial charge on any atom is 0.338 e. The van der Waals surface area contributed by atoms with E-state index in [9.17, 15) is 18.0 Å². The summed E-state index contributed by atoms with van der Waals surface area (Å²) in [5.74, 6) is -0.679. The summed E-state index contributed by atoms with van der Waals surface area (Å²) in [6, 6.07) is 11.8. The van der Waals surface area contributed by atoms with Crippen LogP contribution in [0.15, 0.2) is 53.4 Å². The van der Waals surface area contributed by atoms with Crippen LogP contribution in [0.25, 0.3) is 0 Å². The Labute approximate surface area is 170 Å². The Kier molecular flexibility index (Phi) is 7.35. The Balaban J connectivity index is 2.05. The number of benzene rings is 2. The van der Waals surface area contributed by atoms with Gasteiger partial charge < -0.3 is 14.8 Å². The molecule has 29 heavy (non-hydrogen) atoms. The fourth-order valence-corrected chi connectivity index (χ4v) is 3.67. The number of amides is 1. The Bertz CT molecular complexity index is 971. The quantitative estimate of drug-likeness (QED) is 0.635. The van der Waals surface area contributed by atoms with Crippen LogP contribution in [0.3, 0.4) is 0 Å². The maximum absolute atomic E-state index is 12.4. The fourth-order valence-electron chi connectivity index (χ4n) is 2.37. The number of hydrogen-bond acceptors (Lipinski definition) is 6. The molecule has 0 aliphatic heterocycles. The molecular formula is C20H24N2O6S. The predicted molar refractivity (Wildman–Crippen MR) is 108 cm³/mol. The number of anilines is 1. The van der Waals surface area contributed by atoms with Gasteiger partial charge in [-0.3, -0.25) is 4.79 Å². The maximum atomic E-state index is 12.4. The van der Waals surface area contributed by atoms with Crippen LogP contribution in [0.5, 0.6) is 5.75 Å². The summed E-state index contributed by atoms with van der Waals surface area (Å²) in [4.78, 5) is 24.6. The molecule has 0 heterocycles. The monoisotopic (exact) mass is 420 g/mol. The van der Waals surface area contributed by atoms with Crippen molar-refractivity contribution in [2.24, 2.45) is 0 Å². The van der Waals surface area contributed by atoms with Crippen LogP contribution in [0, 0.1) is 0 Å². The molecule has 1 amide bonds. The second kappa shape index (κ2) is 9.53. The van der Waals surface area contributed by atoms with Gasteiger partial charge in [0.05, 0.1) is 17.6 Å². The van der Waals surface area contributed by atoms with E-state index in [-0.39, 0.29) is 16.5 Å². The van der Waals surface area contributed by atoms with Gasteiger partial charge in [-0.2, -0.15) is 0 Å². The third-order valence-corrected chi connectivity index (χ3v) is 5.44. The van der Waals surface area contributed by atoms with Crippen LogP contribution >= 0.6 is 0 Å². The van der Waals surface area contributed by atoms with Gasteiger partial charge in [-0.25, -0.2) is 17.9 Å². The molecule has 1 atom stereocenters. The molecule has 156 valence electrons. The molecular weight excluding hydrogens is 396 g/mol. The molecule has 0 aliphatic carbocycles. The first-order chi connectivity index (χ1) is 13.6. The van der Waals surface area contributed by atoms with Crippen LogP contribution in [0.1, 0.15) is 31.1 Å². The highest BCUT2D eigenvalue weighted by Crippen LogP contribution is 2.16. The summed E-state index contributed by atoms with van der Waals surface area (Å²) < 4.78 is 37.2. The average molecular weight is 420 g/mol. The number of carbonyl (C=O) groups excluding carboxylic acids is 2. The molecule has 0 unspecified atom stereocenters. The molecule has 0 fully saturated rings. The number of methoxy groups -OCH3 is 1. The standard InChI is InChI=1S/C20H24N2O6S/c1-13(2)22-29(25,26)18-7-5-6-15(12-18)20(24)28-14(3)19(23)21-16-8-10-17(27-4)11-9-16/h5-14,22H,1-4H3,(H,21,23)/t14-/m1/s1. The van der Waals surface area contributed by atoms with Gasteiger partial charge in [0.25, 0.3) is 5.91 Å². The number of esters is 1. The molecule has 0 spiro atoms. The minimum atomic E-state index is -3.75. The van der Waals surface area contributed by atoms with Crippen molar-refractivity contribution < 1.29 is 27.5 Å². The van der Waals surface area contributed by atoms with E-state index in [0.717, 1.165) is 0 Å². The Morgan fingerprint density at radius 3 is 2.24 bits per heavy atom. The Hall–Kier alpha value is -2.91. The second-order valence-electron chi connectivity index (χ2n) is 6.57. The number of rotatable bonds is 8. The van der Waals surface area contributed by atoms with Crippen LogP contribution in [0.4, 0.5) is 5.69 Å². The third-order valence-electron chi connectivity index (χ3n) is 3.78. The van der Waals surface area contributed by atoms with Crippen molar-refractivity contribution in [3.05, 3.63) is 54.1 Å². The van der Waals surface area contributed by atoms with Gasteiger partial charge >= 0.3 is 5.97 Å². The summed E-state index contributed by atoms with van der Waals surface area (Å²) in [5, 5.41) is 2.63. The highest BCUT2D eigenvalue weighted by Gasteiger charge is 2.21. The van der Waals surface area contributed by atoms with Gasteiger partial charge in [0.1, 0.15) is 5.75 Å². The lowest BCUT2D eigenvalue weighted by atomic mass is 10.2. The van der Waals surface area contributed by atoms with E-state index in [0.29, 0.717) is 11.4 Å². The van der Waals surface area contributed by atoms with Gasteiger partial charge in [0, 0.05) is 11.7 Å². The lowest BCUT2D eigenvalue weighted by Gasteiger charge is -2.14. The fraction of sp³-hybridized carbons (Fsp3) is 0.300. The van der Waals surface area contributed by atoms with E-state index in [1.54, 1.807) is 38.1 Å². The number of nitrogens with one attached hydrogen (secondary N) is 2. The van der Waals surface area contributed by atoms with Crippen molar-refractivity contribution in [1.29, 1.82) is 0 Å². The molecule has 2 rings (SSSR count). The molecule has 2 aromatic carbocycles. The zero-order valence-electron chi connectivity index (χ0n) is 16.6. The van der Waals surface area contributed by atoms with Crippen molar-refractivity contribution in [2.75, 3.05) is 12.4 Å². The molecule has 0 aliphatic rings. The Morgan fingerprint density at radius 2 is 1.66 bits per heavy atom. The zero-order chi connectivity index (χ0) is 21.6. The summed E-state index contributed by atoms with van der Waals surface area (Å²) in [6.07, 6.45) is -1.08. The molecule has 0 saturated heterocycles. The minimum absolute atomic E-state index is 0.0285. The molecule has 0 saturated carbocycles. The number of carbonyl (C=O) groups is 2. The molecule has 2 aromatic rings. The van der Waals surface area contributed by atoms with Crippen LogP contribution in [-0.4, -0.2) is 39.5 Å². The topological polar surface area (TPSA) is 111 Å². The van der Waals surface area contributed by atoms with Crippen LogP contribution in [0.2, 0.25) is 0 Å². The highest BCUT2D eigenvalue weighted by molar-refractivity contribution is 7.89. The Morgan fingerprint density at radius 1 is 1.00 bits per heavy atom. The molecule has 0 radical (unpaired) electrons. The van der Waals surface area contributed by atoms with E-state index < -0.39 is 28.0 Å². The summed E-state index contributed by atoms with van der Waals surface area (Å²) in [6.45, 7) is 4.81. The molecule has 2 N–H and O–H groups in total. The number of sulfonamides is 1. The van der Waals surface area contributed by atoms with Crippen LogP contribution < -0.4 is 14.8 Å². The predicted octanol–water partition coefficient (Wildman–Crippen LogP) is 2.57. The smallest absolute Gasteiger partial charge is 0.338 e. The van der Waals surface area contributed by atoms with E-state index in [1.807, 2.05) is 0 Å². The minimum Gasteiger partial charge on any atom is -0.497 e. The number of ether oxygens (including phenoxy) is 2. The first-order valence-corrected chi connectivity index (χ1v) is 10.4. The summed E-state index contributed by atoms with van der Waals surface area (Å²) in [5.41, 5.74) is 0.548. The van der Waals surface area contributed by atoms with Crippen molar-refractivity contribution in [3.63, 3.8) is 0 Å². The number of hydrogen-bond donors (Lipinski definition) is 2. The summed E-state index contributed by atoms with van der Waals surface area (Å²) >= 11 is 0. The lowest BCUT2D eigenvalue weighted by Crippen LogP contribution is -2.31. The molecule has 8 nitrogen and oxygen atoms in total. The molecule has 9 heteroatoms. The lowest BCUT2D eigenvalue weighted by molar-refractivity contribution is -0.123. The van der Waals surface area contributed by atoms with Crippen LogP contribution in [-0.2, 0) is 19.6 Å². The first-order valence-electron chi connectivity index (χ1n) is 8.90. The van der Waals surface area contributed by atoms with Gasteiger partial charge in [-0.15, -0.1) is 0 Å². The van der Waals surface area contributed by atoms with Gasteiger partial charge in [0.15, 0.2) is 6.10 Å². The normalized spacial score (nSPS) is 12.3. The molecule has 0 bridgehead atoms. The highest BCUT2D eigenvalue weighted by atomic mass is 32.2. The zero-order valence-corrected chi connectivity index (χ0v) is 17.4. The van der Waals surface area contributed by atoms with Gasteiger partial charge in [-0.05, 0) is 63.2 Å². The van der Waals surface area contributed by atoms with Gasteiger partial charge in [-0.1, -0.05) is 6.07 Å². The van der Waals surface area contributed by atoms with Crippen molar-refractivity contribution in [1.82, 2.24) is 4.72 Å². The third kappa shape index (κ3) is 6.30. The largest absolute Gasteiger partial charge is 0.497 e. The SMILES string of the molecule is COc1ccc(NC(=O)[C@@H](C)OC(=O)c2cccc(S(=O)(=O)NC(C)C)c2)cc1. The van der Waals surface area contributed by atoms with Crippen molar-refractivity contribution in [2.45, 2.75) is 37.8 Å². The van der Waals surface area contributed by atoms with E-state index in [1.165, 1.54) is 38.3 Å². The average Bonchev–Trinajstić information content (AvgIpc) is 2.67. The van der Waals surface area contributed by atoms with Crippen molar-refractivity contribution >= 4 is 27.6 Å². The van der Waals surface area contributed by atoms with Gasteiger partial charge in [0.2, 0.25) is 10.0 Å². The first kappa shape index (κ1) is 22.4. The summed E-state index contributed by atoms with van der Waals surface area (Å²) in [7, 11) is -2.22. The van der Waals surface area contributed by atoms with E-state index >= 15 is 0 Å². The molecule has 0 aromatic heterocycles.